The molecule has 0 spiro atoms. The maximum Gasteiger partial charge on any atom is 0.171 e. The second-order valence-electron chi connectivity index (χ2n) is 5.39. The van der Waals surface area contributed by atoms with E-state index >= 15 is 0 Å². The Morgan fingerprint density at radius 3 is 2.75 bits per heavy atom. The summed E-state index contributed by atoms with van der Waals surface area (Å²) in [5.74, 6) is 2.08. The minimum Gasteiger partial charge on any atom is -0.458 e. The van der Waals surface area contributed by atoms with Crippen molar-refractivity contribution in [2.24, 2.45) is 0 Å². The second-order valence-corrected chi connectivity index (χ2v) is 5.39. The van der Waals surface area contributed by atoms with Crippen molar-refractivity contribution in [2.75, 3.05) is 5.32 Å². The molecule has 0 saturated heterocycles. The van der Waals surface area contributed by atoms with Crippen LogP contribution in [0.2, 0.25) is 0 Å². The molecule has 0 bridgehead atoms. The number of fused-ring (bicyclic) bond motifs is 4. The average molecular weight is 316 g/mol. The predicted molar refractivity (Wildman–Crippen MR) is 90.6 cm³/mol. The summed E-state index contributed by atoms with van der Waals surface area (Å²) in [6.45, 7) is 0. The Morgan fingerprint density at radius 1 is 0.917 bits per heavy atom. The van der Waals surface area contributed by atoms with Crippen LogP contribution >= 0.6 is 0 Å². The van der Waals surface area contributed by atoms with Crippen molar-refractivity contribution < 1.29 is 9.47 Å². The fourth-order valence-electron chi connectivity index (χ4n) is 2.81. The number of aromatic nitrogens is 3. The number of nitrogens with one attached hydrogen (secondary N) is 1. The molecule has 5 rings (SSSR count). The van der Waals surface area contributed by atoms with E-state index in [9.17, 15) is 0 Å². The van der Waals surface area contributed by atoms with Crippen LogP contribution in [0.3, 0.4) is 0 Å². The summed E-state index contributed by atoms with van der Waals surface area (Å²) < 4.78 is 12.9. The maximum atomic E-state index is 5.46. The molecular weight excluding hydrogens is 304 g/mol. The Balaban J connectivity index is 1.63. The number of hydrogen-bond donors (Lipinski definition) is 1. The molecule has 0 saturated carbocycles. The average Bonchev–Trinajstić information content (AvgIpc) is 3.12. The summed E-state index contributed by atoms with van der Waals surface area (Å²) in [7, 11) is 0. The molecule has 0 aliphatic carbocycles. The molecule has 2 aromatic carbocycles. The zero-order valence-corrected chi connectivity index (χ0v) is 12.5. The van der Waals surface area contributed by atoms with Gasteiger partial charge in [0.1, 0.15) is 18.0 Å². The van der Waals surface area contributed by atoms with E-state index in [0.29, 0.717) is 11.5 Å². The molecule has 116 valence electrons. The van der Waals surface area contributed by atoms with E-state index in [1.54, 1.807) is 12.5 Å². The van der Waals surface area contributed by atoms with Gasteiger partial charge in [-0.25, -0.2) is 9.97 Å². The smallest absolute Gasteiger partial charge is 0.171 e. The van der Waals surface area contributed by atoms with Gasteiger partial charge in [0.25, 0.3) is 0 Å². The molecule has 0 amide bonds. The van der Waals surface area contributed by atoms with Gasteiger partial charge in [-0.3, -0.25) is 4.40 Å². The van der Waals surface area contributed by atoms with Crippen LogP contribution in [0.5, 0.6) is 11.5 Å². The quantitative estimate of drug-likeness (QED) is 0.608. The summed E-state index contributed by atoms with van der Waals surface area (Å²) in [5.41, 5.74) is 3.68. The zero-order chi connectivity index (χ0) is 15.9. The minimum atomic E-state index is 0.660. The van der Waals surface area contributed by atoms with Crippen molar-refractivity contribution in [3.8, 4) is 11.5 Å². The molecule has 1 aliphatic heterocycles. The molecule has 4 aromatic rings. The van der Waals surface area contributed by atoms with Crippen LogP contribution in [0.1, 0.15) is 0 Å². The molecule has 0 fully saturated rings. The lowest BCUT2D eigenvalue weighted by molar-refractivity contribution is 0.362. The highest BCUT2D eigenvalue weighted by molar-refractivity contribution is 5.85. The zero-order valence-electron chi connectivity index (χ0n) is 12.5. The Hall–Kier alpha value is -3.54. The van der Waals surface area contributed by atoms with Crippen LogP contribution in [-0.4, -0.2) is 14.4 Å². The third-order valence-electron chi connectivity index (χ3n) is 3.91. The molecule has 0 radical (unpaired) electrons. The van der Waals surface area contributed by atoms with E-state index in [2.05, 4.69) is 10.3 Å². The van der Waals surface area contributed by atoms with Gasteiger partial charge in [-0.15, -0.1) is 0 Å². The summed E-state index contributed by atoms with van der Waals surface area (Å²) in [4.78, 5) is 8.98. The van der Waals surface area contributed by atoms with Crippen LogP contribution < -0.4 is 14.8 Å². The van der Waals surface area contributed by atoms with Crippen molar-refractivity contribution in [3.05, 3.63) is 67.5 Å². The molecule has 0 unspecified atom stereocenters. The second kappa shape index (κ2) is 4.99. The van der Waals surface area contributed by atoms with Crippen molar-refractivity contribution in [1.82, 2.24) is 14.4 Å². The van der Waals surface area contributed by atoms with E-state index in [4.69, 9.17) is 14.5 Å². The minimum absolute atomic E-state index is 0.660. The van der Waals surface area contributed by atoms with E-state index < -0.39 is 0 Å². The summed E-state index contributed by atoms with van der Waals surface area (Å²) >= 11 is 0. The highest BCUT2D eigenvalue weighted by Gasteiger charge is 2.12. The number of para-hydroxylation sites is 2. The van der Waals surface area contributed by atoms with Crippen LogP contribution in [0.4, 0.5) is 11.5 Å². The highest BCUT2D eigenvalue weighted by atomic mass is 16.5. The van der Waals surface area contributed by atoms with Crippen molar-refractivity contribution >= 4 is 28.1 Å². The van der Waals surface area contributed by atoms with Gasteiger partial charge in [0.15, 0.2) is 17.3 Å². The first-order valence-corrected chi connectivity index (χ1v) is 7.49. The van der Waals surface area contributed by atoms with E-state index in [1.807, 2.05) is 46.9 Å². The van der Waals surface area contributed by atoms with Gasteiger partial charge in [-0.05, 0) is 24.3 Å². The van der Waals surface area contributed by atoms with Gasteiger partial charge in [-0.2, -0.15) is 0 Å². The Morgan fingerprint density at radius 2 is 1.79 bits per heavy atom. The topological polar surface area (TPSA) is 60.7 Å². The van der Waals surface area contributed by atoms with Gasteiger partial charge >= 0.3 is 0 Å². The normalized spacial score (nSPS) is 12.7. The van der Waals surface area contributed by atoms with Crippen LogP contribution in [0.25, 0.3) is 16.6 Å². The van der Waals surface area contributed by atoms with Gasteiger partial charge in [0.2, 0.25) is 0 Å². The highest BCUT2D eigenvalue weighted by Crippen LogP contribution is 2.34. The molecular formula is C18H12N4O2. The number of imidazole rings is 1. The standard InChI is InChI=1S/C18H12N4O2/c1-2-4-14-13(3-1)21-18(15-10-19-11-22(14)15)20-12-5-6-16-17(9-12)24-8-7-23-16/h1-11H,(H,20,21). The number of benzene rings is 2. The fraction of sp³-hybridized carbons (Fsp3) is 0. The van der Waals surface area contributed by atoms with Gasteiger partial charge < -0.3 is 14.8 Å². The number of nitrogens with zero attached hydrogens (tertiary/aromatic N) is 3. The van der Waals surface area contributed by atoms with E-state index in [1.165, 1.54) is 12.5 Å². The largest absolute Gasteiger partial charge is 0.458 e. The lowest BCUT2D eigenvalue weighted by Gasteiger charge is -2.14. The molecule has 3 heterocycles. The molecule has 2 aromatic heterocycles. The van der Waals surface area contributed by atoms with E-state index in [-0.39, 0.29) is 0 Å². The predicted octanol–water partition coefficient (Wildman–Crippen LogP) is 3.87. The van der Waals surface area contributed by atoms with Gasteiger partial charge in [0.05, 0.1) is 23.6 Å². The number of rotatable bonds is 2. The Labute approximate surface area is 137 Å². The lowest BCUT2D eigenvalue weighted by Crippen LogP contribution is -2.01. The first-order valence-electron chi connectivity index (χ1n) is 7.49. The molecule has 6 heteroatoms. The third-order valence-corrected chi connectivity index (χ3v) is 3.91. The number of ether oxygens (including phenoxy) is 2. The number of hydrogen-bond acceptors (Lipinski definition) is 5. The van der Waals surface area contributed by atoms with Crippen molar-refractivity contribution in [2.45, 2.75) is 0 Å². The number of anilines is 2. The first-order chi connectivity index (χ1) is 11.9. The monoisotopic (exact) mass is 316 g/mol. The lowest BCUT2D eigenvalue weighted by atomic mass is 10.2. The van der Waals surface area contributed by atoms with E-state index in [0.717, 1.165) is 28.1 Å². The fourth-order valence-corrected chi connectivity index (χ4v) is 2.81. The molecule has 1 N–H and O–H groups in total. The summed E-state index contributed by atoms with van der Waals surface area (Å²) in [5, 5.41) is 3.34. The van der Waals surface area contributed by atoms with Crippen LogP contribution in [-0.2, 0) is 0 Å². The third kappa shape index (κ3) is 1.97. The van der Waals surface area contributed by atoms with Crippen molar-refractivity contribution in [1.29, 1.82) is 0 Å². The molecule has 24 heavy (non-hydrogen) atoms. The summed E-state index contributed by atoms with van der Waals surface area (Å²) in [6, 6.07) is 13.6. The molecule has 6 nitrogen and oxygen atoms in total. The molecule has 1 aliphatic rings. The van der Waals surface area contributed by atoms with Gasteiger partial charge in [0, 0.05) is 11.8 Å². The summed E-state index contributed by atoms with van der Waals surface area (Å²) in [6.07, 6.45) is 6.60. The molecule has 0 atom stereocenters. The Bertz CT molecular complexity index is 1100. The maximum absolute atomic E-state index is 5.46. The first kappa shape index (κ1) is 13.0. The van der Waals surface area contributed by atoms with Crippen LogP contribution in [0, 0.1) is 0 Å². The van der Waals surface area contributed by atoms with Crippen molar-refractivity contribution in [3.63, 3.8) is 0 Å². The van der Waals surface area contributed by atoms with Gasteiger partial charge in [-0.1, -0.05) is 12.1 Å². The SMILES string of the molecule is C1=COc2cc(Nc3nc4ccccc4n4cncc34)ccc2O1. The van der Waals surface area contributed by atoms with Crippen LogP contribution in [0.15, 0.2) is 67.5 Å². The Kier molecular flexibility index (Phi) is 2.69.